The fourth-order valence-corrected chi connectivity index (χ4v) is 7.06. The Kier molecular flexibility index (Phi) is 14.5. The number of carbonyl (C=O) groups is 1. The van der Waals surface area contributed by atoms with Gasteiger partial charge in [-0.1, -0.05) is 96.4 Å². The summed E-state index contributed by atoms with van der Waals surface area (Å²) in [6.45, 7) is 12.0. The third kappa shape index (κ3) is 10.0. The van der Waals surface area contributed by atoms with Crippen LogP contribution in [0.15, 0.2) is 9.91 Å². The number of esters is 1. The lowest BCUT2D eigenvalue weighted by molar-refractivity contribution is -0.144. The van der Waals surface area contributed by atoms with Crippen molar-refractivity contribution in [2.45, 2.75) is 129 Å². The summed E-state index contributed by atoms with van der Waals surface area (Å²) in [6.07, 6.45) is 16.5. The van der Waals surface area contributed by atoms with Gasteiger partial charge in [-0.25, -0.2) is 4.98 Å². The summed E-state index contributed by atoms with van der Waals surface area (Å²) in [5.74, 6) is 1.84. The predicted octanol–water partition coefficient (Wildman–Crippen LogP) is 9.49. The molecule has 0 amide bonds. The summed E-state index contributed by atoms with van der Waals surface area (Å²) < 4.78 is 6.71. The molecular weight excluding hydrogens is 458 g/mol. The fraction of sp³-hybridized carbons (Fsp3) is 0.793. The number of hydrogen-bond acceptors (Lipinski definition) is 5. The first-order valence-electron chi connectivity index (χ1n) is 14.0. The first-order valence-corrected chi connectivity index (χ1v) is 15.8. The average Bonchev–Trinajstić information content (AvgIpc) is 3.22. The minimum atomic E-state index is -0.0623. The molecule has 3 nitrogen and oxygen atoms in total. The minimum absolute atomic E-state index is 0.0623. The van der Waals surface area contributed by atoms with Crippen LogP contribution in [0, 0.1) is 11.8 Å². The standard InChI is InChI=1S/C29H49NO2S2/c1-6-9-17-24(8-3)21-32-27(31)19-20-33-29-30-26(15-7-2)28(34-29)25-18-14-12-10-11-13-16-22(4)23(25)5/h22,24H,6-21H2,1-5H3/b25-23-. The van der Waals surface area contributed by atoms with Crippen LogP contribution in [0.2, 0.25) is 0 Å². The van der Waals surface area contributed by atoms with E-state index in [2.05, 4.69) is 34.6 Å². The quantitative estimate of drug-likeness (QED) is 0.197. The molecule has 1 aromatic rings. The highest BCUT2D eigenvalue weighted by molar-refractivity contribution is 8.01. The maximum atomic E-state index is 12.3. The molecule has 0 saturated heterocycles. The molecule has 1 aromatic heterocycles. The molecule has 2 unspecified atom stereocenters. The van der Waals surface area contributed by atoms with Crippen LogP contribution in [-0.4, -0.2) is 23.3 Å². The summed E-state index contributed by atoms with van der Waals surface area (Å²) in [4.78, 5) is 18.8. The number of allylic oxidation sites excluding steroid dienone is 2. The number of rotatable bonds is 13. The van der Waals surface area contributed by atoms with Gasteiger partial charge in [0.2, 0.25) is 0 Å². The highest BCUT2D eigenvalue weighted by Crippen LogP contribution is 2.39. The lowest BCUT2D eigenvalue weighted by Gasteiger charge is -2.20. The first-order chi connectivity index (χ1) is 16.5. The fourth-order valence-electron chi connectivity index (χ4n) is 4.72. The zero-order chi connectivity index (χ0) is 24.8. The van der Waals surface area contributed by atoms with E-state index in [1.807, 2.05) is 11.3 Å². The van der Waals surface area contributed by atoms with Crippen molar-refractivity contribution in [3.05, 3.63) is 16.1 Å². The molecular formula is C29H49NO2S2. The van der Waals surface area contributed by atoms with E-state index in [1.165, 1.54) is 68.4 Å². The molecule has 2 atom stereocenters. The van der Waals surface area contributed by atoms with Crippen molar-refractivity contribution in [3.63, 3.8) is 0 Å². The van der Waals surface area contributed by atoms with Crippen LogP contribution >= 0.6 is 23.1 Å². The molecule has 0 spiro atoms. The van der Waals surface area contributed by atoms with E-state index in [4.69, 9.17) is 9.72 Å². The SMILES string of the molecule is CCCCC(CC)COC(=O)CCSc1nc(CCC)c(/C2=C(/C)C(C)CCCCCCC2)s1. The minimum Gasteiger partial charge on any atom is -0.465 e. The molecule has 5 heteroatoms. The summed E-state index contributed by atoms with van der Waals surface area (Å²) in [6, 6.07) is 0. The predicted molar refractivity (Wildman–Crippen MR) is 150 cm³/mol. The van der Waals surface area contributed by atoms with Gasteiger partial charge in [-0.05, 0) is 56.4 Å². The largest absolute Gasteiger partial charge is 0.465 e. The summed E-state index contributed by atoms with van der Waals surface area (Å²) in [5, 5.41) is 0. The molecule has 194 valence electrons. The Hall–Kier alpha value is -0.810. The van der Waals surface area contributed by atoms with E-state index in [0.717, 1.165) is 35.8 Å². The molecule has 34 heavy (non-hydrogen) atoms. The molecule has 0 saturated carbocycles. The molecule has 1 heterocycles. The van der Waals surface area contributed by atoms with Crippen molar-refractivity contribution < 1.29 is 9.53 Å². The van der Waals surface area contributed by atoms with Gasteiger partial charge < -0.3 is 4.74 Å². The monoisotopic (exact) mass is 507 g/mol. The second-order valence-electron chi connectivity index (χ2n) is 10.1. The Morgan fingerprint density at radius 3 is 2.65 bits per heavy atom. The van der Waals surface area contributed by atoms with E-state index >= 15 is 0 Å². The second-order valence-corrected chi connectivity index (χ2v) is 12.4. The maximum absolute atomic E-state index is 12.3. The van der Waals surface area contributed by atoms with Crippen LogP contribution in [0.4, 0.5) is 0 Å². The topological polar surface area (TPSA) is 39.2 Å². The highest BCUT2D eigenvalue weighted by atomic mass is 32.2. The normalized spacial score (nSPS) is 20.8. The van der Waals surface area contributed by atoms with Crippen LogP contribution < -0.4 is 0 Å². The number of carbonyl (C=O) groups excluding carboxylic acids is 1. The lowest BCUT2D eigenvalue weighted by Crippen LogP contribution is -2.14. The van der Waals surface area contributed by atoms with Gasteiger partial charge in [-0.2, -0.15) is 0 Å². The number of thiazole rings is 1. The molecule has 0 aromatic carbocycles. The van der Waals surface area contributed by atoms with E-state index < -0.39 is 0 Å². The third-order valence-electron chi connectivity index (χ3n) is 7.27. The smallest absolute Gasteiger partial charge is 0.306 e. The average molecular weight is 508 g/mol. The van der Waals surface area contributed by atoms with Crippen LogP contribution in [0.1, 0.15) is 129 Å². The van der Waals surface area contributed by atoms with Gasteiger partial charge in [0.15, 0.2) is 4.34 Å². The van der Waals surface area contributed by atoms with Gasteiger partial charge in [0, 0.05) is 5.75 Å². The Morgan fingerprint density at radius 2 is 1.91 bits per heavy atom. The summed E-state index contributed by atoms with van der Waals surface area (Å²) >= 11 is 3.59. The van der Waals surface area contributed by atoms with Gasteiger partial charge in [0.1, 0.15) is 0 Å². The lowest BCUT2D eigenvalue weighted by atomic mass is 9.87. The van der Waals surface area contributed by atoms with Crippen molar-refractivity contribution in [1.29, 1.82) is 0 Å². The second kappa shape index (κ2) is 16.8. The maximum Gasteiger partial charge on any atom is 0.306 e. The molecule has 0 bridgehead atoms. The van der Waals surface area contributed by atoms with Gasteiger partial charge in [-0.15, -0.1) is 11.3 Å². The number of ether oxygens (including phenoxy) is 1. The Labute approximate surface area is 217 Å². The number of thioether (sulfide) groups is 1. The number of unbranched alkanes of at least 4 members (excludes halogenated alkanes) is 1. The molecule has 2 rings (SSSR count). The zero-order valence-electron chi connectivity index (χ0n) is 22.5. The molecule has 1 aliphatic carbocycles. The number of aryl methyl sites for hydroxylation is 1. The van der Waals surface area contributed by atoms with E-state index in [0.29, 0.717) is 24.9 Å². The molecule has 0 radical (unpaired) electrons. The van der Waals surface area contributed by atoms with Crippen LogP contribution in [0.25, 0.3) is 5.57 Å². The number of nitrogens with zero attached hydrogens (tertiary/aromatic N) is 1. The molecule has 0 aliphatic heterocycles. The number of aromatic nitrogens is 1. The van der Waals surface area contributed by atoms with E-state index in [9.17, 15) is 4.79 Å². The van der Waals surface area contributed by atoms with Crippen LogP contribution in [0.5, 0.6) is 0 Å². The van der Waals surface area contributed by atoms with Gasteiger partial charge >= 0.3 is 5.97 Å². The van der Waals surface area contributed by atoms with Crippen LogP contribution in [0.3, 0.4) is 0 Å². The zero-order valence-corrected chi connectivity index (χ0v) is 24.2. The van der Waals surface area contributed by atoms with Crippen molar-refractivity contribution in [1.82, 2.24) is 4.98 Å². The first kappa shape index (κ1) is 29.4. The van der Waals surface area contributed by atoms with Crippen molar-refractivity contribution in [3.8, 4) is 0 Å². The third-order valence-corrected chi connectivity index (χ3v) is 9.57. The Balaban J connectivity index is 2.01. The summed E-state index contributed by atoms with van der Waals surface area (Å²) in [7, 11) is 0. The number of hydrogen-bond donors (Lipinski definition) is 0. The van der Waals surface area contributed by atoms with Gasteiger partial charge in [-0.3, -0.25) is 4.79 Å². The van der Waals surface area contributed by atoms with Crippen molar-refractivity contribution in [2.24, 2.45) is 11.8 Å². The molecule has 1 aliphatic rings. The summed E-state index contributed by atoms with van der Waals surface area (Å²) in [5.41, 5.74) is 4.42. The molecule has 0 N–H and O–H groups in total. The van der Waals surface area contributed by atoms with E-state index in [1.54, 1.807) is 22.9 Å². The Morgan fingerprint density at radius 1 is 1.15 bits per heavy atom. The van der Waals surface area contributed by atoms with Gasteiger partial charge in [0.25, 0.3) is 0 Å². The van der Waals surface area contributed by atoms with E-state index in [-0.39, 0.29) is 5.97 Å². The van der Waals surface area contributed by atoms with Crippen molar-refractivity contribution >= 4 is 34.6 Å². The molecule has 0 fully saturated rings. The highest BCUT2D eigenvalue weighted by Gasteiger charge is 2.20. The van der Waals surface area contributed by atoms with Gasteiger partial charge in [0.05, 0.1) is 23.6 Å². The van der Waals surface area contributed by atoms with Crippen molar-refractivity contribution in [2.75, 3.05) is 12.4 Å². The Bertz CT molecular complexity index is 755. The van der Waals surface area contributed by atoms with Crippen LogP contribution in [-0.2, 0) is 16.0 Å².